The molecule has 0 aliphatic heterocycles. The lowest BCUT2D eigenvalue weighted by atomic mass is 9.85. The first-order chi connectivity index (χ1) is 6.76. The fourth-order valence-corrected chi connectivity index (χ4v) is 1.19. The highest BCUT2D eigenvalue weighted by atomic mass is 16.4. The van der Waals surface area contributed by atoms with E-state index in [2.05, 4.69) is 4.98 Å². The molecule has 0 fully saturated rings. The number of carboxylic acid groups (broad SMARTS) is 1. The van der Waals surface area contributed by atoms with Gasteiger partial charge in [0.1, 0.15) is 11.8 Å². The van der Waals surface area contributed by atoms with E-state index in [0.717, 1.165) is 5.69 Å². The van der Waals surface area contributed by atoms with Gasteiger partial charge >= 0.3 is 5.97 Å². The molecule has 0 bridgehead atoms. The van der Waals surface area contributed by atoms with Crippen LogP contribution in [0.1, 0.15) is 31.2 Å². The van der Waals surface area contributed by atoms with Crippen molar-refractivity contribution >= 4 is 5.97 Å². The summed E-state index contributed by atoms with van der Waals surface area (Å²) in [5, 5.41) is 8.86. The predicted octanol–water partition coefficient (Wildman–Crippen LogP) is 0.981. The minimum Gasteiger partial charge on any atom is -0.480 e. The van der Waals surface area contributed by atoms with E-state index in [1.165, 1.54) is 0 Å². The van der Waals surface area contributed by atoms with Gasteiger partial charge in [-0.15, -0.1) is 0 Å². The third-order valence-electron chi connectivity index (χ3n) is 2.62. The van der Waals surface area contributed by atoms with Crippen LogP contribution in [0.5, 0.6) is 0 Å². The first kappa shape index (κ1) is 11.7. The van der Waals surface area contributed by atoms with Crippen LogP contribution in [-0.2, 0) is 10.2 Å². The summed E-state index contributed by atoms with van der Waals surface area (Å²) in [5.41, 5.74) is 5.53. The van der Waals surface area contributed by atoms with Crippen LogP contribution in [0.2, 0.25) is 0 Å². The summed E-state index contributed by atoms with van der Waals surface area (Å²) in [7, 11) is 0. The Bertz CT molecular complexity index is 363. The molecule has 0 aromatic carbocycles. The van der Waals surface area contributed by atoms with E-state index in [4.69, 9.17) is 15.3 Å². The van der Waals surface area contributed by atoms with Crippen molar-refractivity contribution in [3.05, 3.63) is 17.3 Å². The highest BCUT2D eigenvalue weighted by Gasteiger charge is 2.38. The molecule has 1 atom stereocenters. The molecule has 1 aromatic rings. The summed E-state index contributed by atoms with van der Waals surface area (Å²) in [5.74, 6) is -0.00318. The molecule has 15 heavy (non-hydrogen) atoms. The first-order valence-electron chi connectivity index (χ1n) is 4.69. The molecule has 3 N–H and O–H groups in total. The number of rotatable bonds is 3. The second-order valence-corrected chi connectivity index (χ2v) is 4.20. The second-order valence-electron chi connectivity index (χ2n) is 4.20. The maximum absolute atomic E-state index is 10.8. The number of aliphatic carboxylic acids is 1. The van der Waals surface area contributed by atoms with Crippen molar-refractivity contribution in [2.75, 3.05) is 0 Å². The van der Waals surface area contributed by atoms with Gasteiger partial charge in [-0.05, 0) is 27.7 Å². The number of nitrogens with two attached hydrogens (primary N) is 1. The number of nitrogens with zero attached hydrogens (tertiary/aromatic N) is 1. The molecule has 5 nitrogen and oxygen atoms in total. The largest absolute Gasteiger partial charge is 0.480 e. The summed E-state index contributed by atoms with van der Waals surface area (Å²) >= 11 is 0. The number of aromatic nitrogens is 1. The van der Waals surface area contributed by atoms with E-state index < -0.39 is 17.4 Å². The lowest BCUT2D eigenvalue weighted by Crippen LogP contribution is -2.47. The lowest BCUT2D eigenvalue weighted by molar-refractivity contribution is -0.140. The fraction of sp³-hybridized carbons (Fsp3) is 0.600. The summed E-state index contributed by atoms with van der Waals surface area (Å²) in [6.07, 6.45) is 0. The van der Waals surface area contributed by atoms with Crippen LogP contribution in [0.15, 0.2) is 4.42 Å². The standard InChI is InChI=1S/C10H16N2O3/c1-5-6(2)15-9(12-5)10(3,4)7(11)8(13)14/h7H,11H2,1-4H3,(H,13,14). The van der Waals surface area contributed by atoms with Crippen LogP contribution in [0, 0.1) is 13.8 Å². The predicted molar refractivity (Wildman–Crippen MR) is 54.6 cm³/mol. The average Bonchev–Trinajstić information content (AvgIpc) is 2.46. The summed E-state index contributed by atoms with van der Waals surface area (Å²) in [6, 6.07) is -1.03. The second kappa shape index (κ2) is 3.66. The van der Waals surface area contributed by atoms with Crippen LogP contribution in [0.25, 0.3) is 0 Å². The van der Waals surface area contributed by atoms with E-state index in [0.29, 0.717) is 11.7 Å². The van der Waals surface area contributed by atoms with Crippen LogP contribution >= 0.6 is 0 Å². The van der Waals surface area contributed by atoms with Crippen molar-refractivity contribution in [3.8, 4) is 0 Å². The zero-order valence-corrected chi connectivity index (χ0v) is 9.37. The number of hydrogen-bond acceptors (Lipinski definition) is 4. The van der Waals surface area contributed by atoms with Crippen molar-refractivity contribution in [1.29, 1.82) is 0 Å². The summed E-state index contributed by atoms with van der Waals surface area (Å²) in [4.78, 5) is 15.0. The van der Waals surface area contributed by atoms with Gasteiger partial charge in [-0.2, -0.15) is 0 Å². The topological polar surface area (TPSA) is 89.3 Å². The average molecular weight is 212 g/mol. The minimum absolute atomic E-state index is 0.368. The summed E-state index contributed by atoms with van der Waals surface area (Å²) in [6.45, 7) is 7.01. The van der Waals surface area contributed by atoms with E-state index in [1.807, 2.05) is 6.92 Å². The molecule has 0 radical (unpaired) electrons. The first-order valence-corrected chi connectivity index (χ1v) is 4.69. The van der Waals surface area contributed by atoms with E-state index in [-0.39, 0.29) is 0 Å². The molecular weight excluding hydrogens is 196 g/mol. The number of hydrogen-bond donors (Lipinski definition) is 2. The van der Waals surface area contributed by atoms with Gasteiger partial charge in [0.25, 0.3) is 0 Å². The molecule has 1 aromatic heterocycles. The molecule has 84 valence electrons. The summed E-state index contributed by atoms with van der Waals surface area (Å²) < 4.78 is 5.40. The SMILES string of the molecule is Cc1nc(C(C)(C)C(N)C(=O)O)oc1C. The molecule has 0 aliphatic carbocycles. The molecule has 0 saturated heterocycles. The van der Waals surface area contributed by atoms with Gasteiger partial charge in [-0.3, -0.25) is 4.79 Å². The molecule has 0 spiro atoms. The molecule has 0 amide bonds. The molecule has 1 rings (SSSR count). The smallest absolute Gasteiger partial charge is 0.321 e. The zero-order valence-electron chi connectivity index (χ0n) is 9.37. The van der Waals surface area contributed by atoms with Crippen molar-refractivity contribution in [1.82, 2.24) is 4.98 Å². The van der Waals surface area contributed by atoms with Crippen molar-refractivity contribution in [2.24, 2.45) is 5.73 Å². The third kappa shape index (κ3) is 2.02. The molecule has 0 aliphatic rings. The van der Waals surface area contributed by atoms with Gasteiger partial charge in [-0.25, -0.2) is 4.98 Å². The van der Waals surface area contributed by atoms with Gasteiger partial charge in [0.2, 0.25) is 5.89 Å². The van der Waals surface area contributed by atoms with E-state index in [1.54, 1.807) is 20.8 Å². The Labute approximate surface area is 88.3 Å². The van der Waals surface area contributed by atoms with Gasteiger partial charge in [-0.1, -0.05) is 0 Å². The van der Waals surface area contributed by atoms with Crippen LogP contribution < -0.4 is 5.73 Å². The molecule has 5 heteroatoms. The van der Waals surface area contributed by atoms with Crippen molar-refractivity contribution < 1.29 is 14.3 Å². The zero-order chi connectivity index (χ0) is 11.8. The van der Waals surface area contributed by atoms with Gasteiger partial charge < -0.3 is 15.3 Å². The normalized spacial score (nSPS) is 13.9. The monoisotopic (exact) mass is 212 g/mol. The van der Waals surface area contributed by atoms with Crippen LogP contribution in [0.3, 0.4) is 0 Å². The lowest BCUT2D eigenvalue weighted by Gasteiger charge is -2.24. The Hall–Kier alpha value is -1.36. The number of aryl methyl sites for hydroxylation is 2. The van der Waals surface area contributed by atoms with Crippen molar-refractivity contribution in [2.45, 2.75) is 39.2 Å². The highest BCUT2D eigenvalue weighted by Crippen LogP contribution is 2.27. The molecule has 1 unspecified atom stereocenters. The highest BCUT2D eigenvalue weighted by molar-refractivity contribution is 5.75. The van der Waals surface area contributed by atoms with Gasteiger partial charge in [0.15, 0.2) is 0 Å². The Morgan fingerprint density at radius 3 is 2.40 bits per heavy atom. The Morgan fingerprint density at radius 1 is 1.53 bits per heavy atom. The van der Waals surface area contributed by atoms with E-state index >= 15 is 0 Å². The number of oxazole rings is 1. The van der Waals surface area contributed by atoms with Crippen LogP contribution in [-0.4, -0.2) is 22.1 Å². The molecule has 0 saturated carbocycles. The third-order valence-corrected chi connectivity index (χ3v) is 2.62. The molecular formula is C10H16N2O3. The molecule has 1 heterocycles. The quantitative estimate of drug-likeness (QED) is 0.779. The van der Waals surface area contributed by atoms with Crippen LogP contribution in [0.4, 0.5) is 0 Å². The Balaban J connectivity index is 3.10. The Kier molecular flexibility index (Phi) is 2.86. The number of carbonyl (C=O) groups is 1. The minimum atomic E-state index is -1.06. The maximum Gasteiger partial charge on any atom is 0.321 e. The van der Waals surface area contributed by atoms with Gasteiger partial charge in [0, 0.05) is 0 Å². The number of carboxylic acids is 1. The van der Waals surface area contributed by atoms with Gasteiger partial charge in [0.05, 0.1) is 11.1 Å². The Morgan fingerprint density at radius 2 is 2.07 bits per heavy atom. The van der Waals surface area contributed by atoms with Crippen molar-refractivity contribution in [3.63, 3.8) is 0 Å². The fourth-order valence-electron chi connectivity index (χ4n) is 1.19. The maximum atomic E-state index is 10.8. The van der Waals surface area contributed by atoms with E-state index in [9.17, 15) is 4.79 Å².